The summed E-state index contributed by atoms with van der Waals surface area (Å²) < 4.78 is 26.7. The fourth-order valence-electron chi connectivity index (χ4n) is 2.71. The molecule has 1 fully saturated rings. The summed E-state index contributed by atoms with van der Waals surface area (Å²) in [6.45, 7) is 3.88. The van der Waals surface area contributed by atoms with Gasteiger partial charge in [-0.2, -0.15) is 15.6 Å². The maximum atomic E-state index is 12.6. The van der Waals surface area contributed by atoms with Crippen molar-refractivity contribution in [3.8, 4) is 11.3 Å². The van der Waals surface area contributed by atoms with Crippen molar-refractivity contribution in [3.05, 3.63) is 34.1 Å². The number of H-pyrrole nitrogens is 1. The van der Waals surface area contributed by atoms with Gasteiger partial charge in [-0.1, -0.05) is 0 Å². The summed E-state index contributed by atoms with van der Waals surface area (Å²) in [4.78, 5) is 13.6. The van der Waals surface area contributed by atoms with Crippen molar-refractivity contribution in [3.63, 3.8) is 0 Å². The number of aromatic nitrogens is 3. The largest absolute Gasteiger partial charge is 0.345 e. The first kappa shape index (κ1) is 16.7. The first-order valence-electron chi connectivity index (χ1n) is 7.79. The van der Waals surface area contributed by atoms with Crippen molar-refractivity contribution in [2.24, 2.45) is 0 Å². The minimum Gasteiger partial charge on any atom is -0.345 e. The van der Waals surface area contributed by atoms with Crippen LogP contribution in [-0.2, 0) is 10.0 Å². The van der Waals surface area contributed by atoms with E-state index < -0.39 is 10.0 Å². The van der Waals surface area contributed by atoms with E-state index in [1.807, 2.05) is 10.8 Å². The molecule has 0 aromatic carbocycles. The number of thiophene rings is 1. The molecule has 0 aliphatic carbocycles. The molecule has 4 rings (SSSR count). The number of anilines is 1. The van der Waals surface area contributed by atoms with Gasteiger partial charge >= 0.3 is 0 Å². The van der Waals surface area contributed by atoms with E-state index in [1.165, 1.54) is 10.5 Å². The van der Waals surface area contributed by atoms with Crippen LogP contribution in [0.4, 0.5) is 5.13 Å². The number of nitrogens with one attached hydrogen (secondary N) is 1. The van der Waals surface area contributed by atoms with Crippen LogP contribution in [0.1, 0.15) is 5.69 Å². The zero-order valence-electron chi connectivity index (χ0n) is 13.5. The summed E-state index contributed by atoms with van der Waals surface area (Å²) in [5.41, 5.74) is 2.84. The third kappa shape index (κ3) is 3.22. The monoisotopic (exact) mass is 395 g/mol. The lowest BCUT2D eigenvalue weighted by Gasteiger charge is -2.33. The third-order valence-electron chi connectivity index (χ3n) is 4.08. The second kappa shape index (κ2) is 6.52. The van der Waals surface area contributed by atoms with Crippen LogP contribution in [0.3, 0.4) is 0 Å². The highest BCUT2D eigenvalue weighted by atomic mass is 32.2. The number of rotatable bonds is 4. The molecule has 0 atom stereocenters. The van der Waals surface area contributed by atoms with Crippen LogP contribution >= 0.6 is 22.7 Å². The van der Waals surface area contributed by atoms with E-state index in [2.05, 4.69) is 31.3 Å². The van der Waals surface area contributed by atoms with Crippen molar-refractivity contribution in [2.45, 2.75) is 12.1 Å². The van der Waals surface area contributed by atoms with Crippen molar-refractivity contribution >= 4 is 37.8 Å². The Morgan fingerprint density at radius 1 is 1.20 bits per heavy atom. The highest BCUT2D eigenvalue weighted by Gasteiger charge is 2.31. The molecule has 0 unspecified atom stereocenters. The van der Waals surface area contributed by atoms with Gasteiger partial charge in [0, 0.05) is 54.4 Å². The number of nitrogens with zero attached hydrogens (tertiary/aromatic N) is 4. The molecule has 0 bridgehead atoms. The van der Waals surface area contributed by atoms with E-state index >= 15 is 0 Å². The van der Waals surface area contributed by atoms with E-state index in [0.29, 0.717) is 26.2 Å². The van der Waals surface area contributed by atoms with Gasteiger partial charge in [0.1, 0.15) is 0 Å². The van der Waals surface area contributed by atoms with Crippen molar-refractivity contribution in [1.82, 2.24) is 19.3 Å². The lowest BCUT2D eigenvalue weighted by atomic mass is 10.3. The Morgan fingerprint density at radius 3 is 2.64 bits per heavy atom. The quantitative estimate of drug-likeness (QED) is 0.734. The summed E-state index contributed by atoms with van der Waals surface area (Å²) in [5, 5.41) is 7.12. The Kier molecular flexibility index (Phi) is 4.36. The Morgan fingerprint density at radius 2 is 2.00 bits per heavy atom. The van der Waals surface area contributed by atoms with Gasteiger partial charge in [0.15, 0.2) is 5.13 Å². The lowest BCUT2D eigenvalue weighted by molar-refractivity contribution is 0.382. The molecule has 132 valence electrons. The van der Waals surface area contributed by atoms with Gasteiger partial charge in [0.2, 0.25) is 5.16 Å². The number of aromatic amines is 1. The predicted molar refractivity (Wildman–Crippen MR) is 99.7 cm³/mol. The zero-order valence-corrected chi connectivity index (χ0v) is 16.0. The van der Waals surface area contributed by atoms with Crippen LogP contribution in [0, 0.1) is 6.92 Å². The maximum Gasteiger partial charge on any atom is 0.276 e. The van der Waals surface area contributed by atoms with E-state index in [4.69, 9.17) is 0 Å². The average Bonchev–Trinajstić information content (AvgIpc) is 3.35. The Balaban J connectivity index is 1.45. The van der Waals surface area contributed by atoms with Gasteiger partial charge in [-0.05, 0) is 18.4 Å². The number of hydrogen-bond donors (Lipinski definition) is 1. The first-order valence-corrected chi connectivity index (χ1v) is 11.0. The minimum atomic E-state index is -3.55. The van der Waals surface area contributed by atoms with Crippen LogP contribution in [0.2, 0.25) is 0 Å². The van der Waals surface area contributed by atoms with Gasteiger partial charge in [0.05, 0.1) is 5.69 Å². The van der Waals surface area contributed by atoms with Crippen molar-refractivity contribution < 1.29 is 8.42 Å². The summed E-state index contributed by atoms with van der Waals surface area (Å²) in [5.74, 6) is 0. The third-order valence-corrected chi connectivity index (χ3v) is 7.41. The molecule has 7 nitrogen and oxygen atoms in total. The van der Waals surface area contributed by atoms with Gasteiger partial charge in [-0.25, -0.2) is 18.4 Å². The Hall–Kier alpha value is -1.75. The number of aryl methyl sites for hydroxylation is 1. The molecule has 4 heterocycles. The normalized spacial score (nSPS) is 16.4. The molecule has 3 aromatic heterocycles. The summed E-state index contributed by atoms with van der Waals surface area (Å²) >= 11 is 3.25. The standard InChI is InChI=1S/C15H17N5O2S3/c1-11-8-16-14(17-11)25(21,22)20-5-3-19(4-6-20)15-18-13(10-24-15)12-2-7-23-9-12/h2,7-10H,3-6H2,1H3,(H,16,17). The predicted octanol–water partition coefficient (Wildman–Crippen LogP) is 2.41. The molecule has 3 aromatic rings. The number of thiazole rings is 1. The van der Waals surface area contributed by atoms with Gasteiger partial charge in [-0.3, -0.25) is 0 Å². The molecule has 1 aliphatic rings. The molecular formula is C15H17N5O2S3. The number of imidazole rings is 1. The number of piperazine rings is 1. The molecule has 0 saturated carbocycles. The SMILES string of the molecule is Cc1cnc(S(=O)(=O)N2CCN(c3nc(-c4ccsc4)cs3)CC2)[nH]1. The van der Waals surface area contributed by atoms with Crippen LogP contribution < -0.4 is 4.90 Å². The van der Waals surface area contributed by atoms with Gasteiger partial charge in [0.25, 0.3) is 10.0 Å². The molecule has 0 radical (unpaired) electrons. The summed E-state index contributed by atoms with van der Waals surface area (Å²) in [6.07, 6.45) is 1.53. The van der Waals surface area contributed by atoms with Crippen molar-refractivity contribution in [2.75, 3.05) is 31.1 Å². The average molecular weight is 396 g/mol. The first-order chi connectivity index (χ1) is 12.0. The second-order valence-corrected chi connectivity index (χ2v) is 9.26. The van der Waals surface area contributed by atoms with Crippen LogP contribution in [0.25, 0.3) is 11.3 Å². The zero-order chi connectivity index (χ0) is 17.4. The van der Waals surface area contributed by atoms with Gasteiger partial charge < -0.3 is 9.88 Å². The van der Waals surface area contributed by atoms with Crippen LogP contribution in [0.15, 0.2) is 33.6 Å². The van der Waals surface area contributed by atoms with E-state index in [1.54, 1.807) is 29.6 Å². The molecule has 0 amide bonds. The molecule has 1 N–H and O–H groups in total. The smallest absolute Gasteiger partial charge is 0.276 e. The lowest BCUT2D eigenvalue weighted by Crippen LogP contribution is -2.48. The molecule has 1 aliphatic heterocycles. The summed E-state index contributed by atoms with van der Waals surface area (Å²) in [6, 6.07) is 2.05. The second-order valence-electron chi connectivity index (χ2n) is 5.79. The molecule has 1 saturated heterocycles. The van der Waals surface area contributed by atoms with E-state index in [0.717, 1.165) is 22.1 Å². The van der Waals surface area contributed by atoms with E-state index in [-0.39, 0.29) is 5.16 Å². The van der Waals surface area contributed by atoms with Crippen LogP contribution in [-0.4, -0.2) is 53.9 Å². The van der Waals surface area contributed by atoms with E-state index in [9.17, 15) is 8.42 Å². The number of sulfonamides is 1. The Bertz CT molecular complexity index is 953. The molecule has 10 heteroatoms. The fourth-order valence-corrected chi connectivity index (χ4v) is 5.62. The van der Waals surface area contributed by atoms with Crippen LogP contribution in [0.5, 0.6) is 0 Å². The molecule has 25 heavy (non-hydrogen) atoms. The highest BCUT2D eigenvalue weighted by Crippen LogP contribution is 2.29. The maximum absolute atomic E-state index is 12.6. The van der Waals surface area contributed by atoms with Crippen molar-refractivity contribution in [1.29, 1.82) is 0 Å². The topological polar surface area (TPSA) is 82.2 Å². The fraction of sp³-hybridized carbons (Fsp3) is 0.333. The number of hydrogen-bond acceptors (Lipinski definition) is 7. The molecule has 0 spiro atoms. The van der Waals surface area contributed by atoms with Gasteiger partial charge in [-0.15, -0.1) is 11.3 Å². The molecular weight excluding hydrogens is 378 g/mol. The minimum absolute atomic E-state index is 0.0208. The summed E-state index contributed by atoms with van der Waals surface area (Å²) in [7, 11) is -3.55. The highest BCUT2D eigenvalue weighted by molar-refractivity contribution is 7.89. The Labute approximate surface area is 154 Å².